The third-order valence-corrected chi connectivity index (χ3v) is 8.08. The van der Waals surface area contributed by atoms with Crippen LogP contribution in [0.25, 0.3) is 11.4 Å². The number of amides is 1. The zero-order chi connectivity index (χ0) is 24.7. The van der Waals surface area contributed by atoms with Gasteiger partial charge in [0.2, 0.25) is 0 Å². The molecular formula is C23H16BrClN4O5S. The van der Waals surface area contributed by atoms with Crippen molar-refractivity contribution in [2.75, 3.05) is 16.2 Å². The van der Waals surface area contributed by atoms with E-state index >= 15 is 0 Å². The van der Waals surface area contributed by atoms with Crippen molar-refractivity contribution >= 4 is 54.8 Å². The van der Waals surface area contributed by atoms with Crippen LogP contribution in [-0.4, -0.2) is 31.0 Å². The Morgan fingerprint density at radius 1 is 1.11 bits per heavy atom. The van der Waals surface area contributed by atoms with Crippen molar-refractivity contribution in [2.45, 2.75) is 11.3 Å². The summed E-state index contributed by atoms with van der Waals surface area (Å²) < 4.78 is 33.1. The average molecular weight is 576 g/mol. The highest BCUT2D eigenvalue weighted by Gasteiger charge is 2.31. The minimum absolute atomic E-state index is 0.0707. The maximum Gasteiger partial charge on any atom is 0.439 e. The molecule has 4 aromatic rings. The van der Waals surface area contributed by atoms with E-state index in [1.807, 2.05) is 0 Å². The molecule has 0 unspecified atom stereocenters. The zero-order valence-corrected chi connectivity index (χ0v) is 20.9. The molecule has 1 amide bonds. The standard InChI is InChI=1S/C23H16BrClN4O5S/c24-15-3-7-19(18(12-15)21-27-23(31)34-28-21)26-22(30)13-1-5-17(6-2-13)35(32,33)29-10-9-14-11-16(25)4-8-20(14)29/h1-8,11-12H,9-10H2,(H,26,30)(H,27,28,31). The van der Waals surface area contributed by atoms with Crippen molar-refractivity contribution in [3.63, 3.8) is 0 Å². The number of nitrogens with one attached hydrogen (secondary N) is 2. The fourth-order valence-electron chi connectivity index (χ4n) is 3.86. The number of benzene rings is 3. The SMILES string of the molecule is O=C(Nc1ccc(Br)cc1-c1noc(=O)[nH]1)c1ccc(S(=O)(=O)N2CCc3cc(Cl)ccc32)cc1. The summed E-state index contributed by atoms with van der Waals surface area (Å²) in [6.45, 7) is 0.316. The maximum atomic E-state index is 13.2. The van der Waals surface area contributed by atoms with Crippen LogP contribution < -0.4 is 15.4 Å². The number of carbonyl (C=O) groups excluding carboxylic acids is 1. The van der Waals surface area contributed by atoms with E-state index < -0.39 is 21.7 Å². The van der Waals surface area contributed by atoms with Crippen LogP contribution in [0.3, 0.4) is 0 Å². The number of anilines is 2. The summed E-state index contributed by atoms with van der Waals surface area (Å²) in [6, 6.07) is 15.8. The first-order valence-electron chi connectivity index (χ1n) is 10.3. The Labute approximate surface area is 212 Å². The first-order valence-corrected chi connectivity index (χ1v) is 12.9. The maximum absolute atomic E-state index is 13.2. The molecule has 0 atom stereocenters. The number of aromatic amines is 1. The second-order valence-corrected chi connectivity index (χ2v) is 10.9. The molecule has 0 radical (unpaired) electrons. The van der Waals surface area contributed by atoms with Gasteiger partial charge < -0.3 is 5.32 Å². The Kier molecular flexibility index (Phi) is 5.99. The van der Waals surface area contributed by atoms with E-state index in [0.717, 1.165) is 5.56 Å². The molecule has 0 aliphatic carbocycles. The minimum Gasteiger partial charge on any atom is -0.321 e. The van der Waals surface area contributed by atoms with Gasteiger partial charge in [0.15, 0.2) is 5.82 Å². The van der Waals surface area contributed by atoms with Crippen LogP contribution in [0.2, 0.25) is 5.02 Å². The van der Waals surface area contributed by atoms with Gasteiger partial charge in [0.25, 0.3) is 15.9 Å². The lowest BCUT2D eigenvalue weighted by atomic mass is 10.1. The summed E-state index contributed by atoms with van der Waals surface area (Å²) in [5.41, 5.74) is 2.54. The molecule has 5 rings (SSSR count). The fraction of sp³-hybridized carbons (Fsp3) is 0.0870. The first-order chi connectivity index (χ1) is 16.7. The minimum atomic E-state index is -3.81. The number of rotatable bonds is 5. The molecule has 1 aliphatic rings. The number of hydrogen-bond donors (Lipinski definition) is 2. The van der Waals surface area contributed by atoms with Gasteiger partial charge in [0.05, 0.1) is 16.3 Å². The predicted molar refractivity (Wildman–Crippen MR) is 134 cm³/mol. The molecular weight excluding hydrogens is 560 g/mol. The van der Waals surface area contributed by atoms with Crippen molar-refractivity contribution in [3.05, 3.63) is 91.8 Å². The number of nitrogens with zero attached hydrogens (tertiary/aromatic N) is 2. The molecule has 2 heterocycles. The molecule has 12 heteroatoms. The van der Waals surface area contributed by atoms with Crippen molar-refractivity contribution < 1.29 is 17.7 Å². The summed E-state index contributed by atoms with van der Waals surface area (Å²) in [5.74, 6) is -1.04. The van der Waals surface area contributed by atoms with Crippen LogP contribution in [0.1, 0.15) is 15.9 Å². The van der Waals surface area contributed by atoms with Gasteiger partial charge in [-0.2, -0.15) is 0 Å². The topological polar surface area (TPSA) is 125 Å². The first kappa shape index (κ1) is 23.3. The van der Waals surface area contributed by atoms with Gasteiger partial charge in [0, 0.05) is 27.2 Å². The molecule has 2 N–H and O–H groups in total. The average Bonchev–Trinajstić information content (AvgIpc) is 3.46. The quantitative estimate of drug-likeness (QED) is 0.362. The number of fused-ring (bicyclic) bond motifs is 1. The van der Waals surface area contributed by atoms with E-state index in [-0.39, 0.29) is 16.3 Å². The van der Waals surface area contributed by atoms with Crippen LogP contribution in [0, 0.1) is 0 Å². The lowest BCUT2D eigenvalue weighted by Crippen LogP contribution is -2.29. The summed E-state index contributed by atoms with van der Waals surface area (Å²) in [5, 5.41) is 6.99. The summed E-state index contributed by atoms with van der Waals surface area (Å²) in [6.07, 6.45) is 0.571. The fourth-order valence-corrected chi connectivity index (χ4v) is 5.92. The number of hydrogen-bond acceptors (Lipinski definition) is 6. The third kappa shape index (κ3) is 4.49. The summed E-state index contributed by atoms with van der Waals surface area (Å²) >= 11 is 9.38. The highest BCUT2D eigenvalue weighted by Crippen LogP contribution is 2.35. The van der Waals surface area contributed by atoms with Gasteiger partial charge in [-0.15, -0.1) is 0 Å². The van der Waals surface area contributed by atoms with Crippen molar-refractivity contribution in [1.29, 1.82) is 0 Å². The van der Waals surface area contributed by atoms with Gasteiger partial charge in [-0.1, -0.05) is 32.7 Å². The second-order valence-electron chi connectivity index (χ2n) is 7.71. The molecule has 35 heavy (non-hydrogen) atoms. The highest BCUT2D eigenvalue weighted by molar-refractivity contribution is 9.10. The summed E-state index contributed by atoms with van der Waals surface area (Å²) in [4.78, 5) is 26.8. The zero-order valence-electron chi connectivity index (χ0n) is 17.8. The number of carbonyl (C=O) groups is 1. The van der Waals surface area contributed by atoms with E-state index in [9.17, 15) is 18.0 Å². The Morgan fingerprint density at radius 2 is 1.89 bits per heavy atom. The van der Waals surface area contributed by atoms with Crippen LogP contribution in [-0.2, 0) is 16.4 Å². The van der Waals surface area contributed by atoms with Crippen LogP contribution in [0.15, 0.2) is 79.3 Å². The number of H-pyrrole nitrogens is 1. The molecule has 9 nitrogen and oxygen atoms in total. The Balaban J connectivity index is 1.39. The lowest BCUT2D eigenvalue weighted by Gasteiger charge is -2.19. The van der Waals surface area contributed by atoms with E-state index in [1.165, 1.54) is 28.6 Å². The number of sulfonamides is 1. The Bertz CT molecular complexity index is 1620. The van der Waals surface area contributed by atoms with Crippen molar-refractivity contribution in [1.82, 2.24) is 10.1 Å². The molecule has 0 bridgehead atoms. The smallest absolute Gasteiger partial charge is 0.321 e. The van der Waals surface area contributed by atoms with Crippen molar-refractivity contribution in [3.8, 4) is 11.4 Å². The Morgan fingerprint density at radius 3 is 2.60 bits per heavy atom. The van der Waals surface area contributed by atoms with Crippen LogP contribution in [0.5, 0.6) is 0 Å². The summed E-state index contributed by atoms with van der Waals surface area (Å²) in [7, 11) is -3.81. The van der Waals surface area contributed by atoms with Gasteiger partial charge in [-0.25, -0.2) is 13.2 Å². The number of aromatic nitrogens is 2. The molecule has 0 saturated heterocycles. The van der Waals surface area contributed by atoms with Gasteiger partial charge in [-0.05, 0) is 72.6 Å². The molecule has 0 spiro atoms. The monoisotopic (exact) mass is 574 g/mol. The normalized spacial score (nSPS) is 13.0. The van der Waals surface area contributed by atoms with Crippen LogP contribution >= 0.6 is 27.5 Å². The largest absolute Gasteiger partial charge is 0.439 e. The molecule has 0 fully saturated rings. The van der Waals surface area contributed by atoms with E-state index in [0.29, 0.717) is 39.4 Å². The predicted octanol–water partition coefficient (Wildman–Crippen LogP) is 4.45. The third-order valence-electron chi connectivity index (χ3n) is 5.52. The molecule has 1 aromatic heterocycles. The van der Waals surface area contributed by atoms with Crippen molar-refractivity contribution in [2.24, 2.45) is 0 Å². The van der Waals surface area contributed by atoms with Crippen LogP contribution in [0.4, 0.5) is 11.4 Å². The molecule has 178 valence electrons. The van der Waals surface area contributed by atoms with E-state index in [4.69, 9.17) is 11.6 Å². The van der Waals surface area contributed by atoms with Gasteiger partial charge in [-0.3, -0.25) is 18.6 Å². The molecule has 0 saturated carbocycles. The Hall–Kier alpha value is -3.41. The lowest BCUT2D eigenvalue weighted by molar-refractivity contribution is 0.102. The van der Waals surface area contributed by atoms with Gasteiger partial charge >= 0.3 is 5.76 Å². The van der Waals surface area contributed by atoms with E-state index in [1.54, 1.807) is 36.4 Å². The second kappa shape index (κ2) is 8.99. The number of halogens is 2. The molecule has 1 aliphatic heterocycles. The highest BCUT2D eigenvalue weighted by atomic mass is 79.9. The van der Waals surface area contributed by atoms with Gasteiger partial charge in [0.1, 0.15) is 0 Å². The van der Waals surface area contributed by atoms with E-state index in [2.05, 4.69) is 35.9 Å². The molecule has 3 aromatic carbocycles.